The van der Waals surface area contributed by atoms with Crippen LogP contribution in [0, 0.1) is 0 Å². The summed E-state index contributed by atoms with van der Waals surface area (Å²) < 4.78 is 1.57. The molecule has 2 aromatic rings. The quantitative estimate of drug-likeness (QED) is 0.697. The highest BCUT2D eigenvalue weighted by Gasteiger charge is 2.15. The molecule has 1 heterocycles. The van der Waals surface area contributed by atoms with Gasteiger partial charge in [-0.2, -0.15) is 5.10 Å². The third-order valence-corrected chi connectivity index (χ3v) is 3.59. The molecule has 1 atom stereocenters. The zero-order valence-corrected chi connectivity index (χ0v) is 14.3. The fraction of sp³-hybridized carbons (Fsp3) is 0.267. The van der Waals surface area contributed by atoms with E-state index in [0.717, 1.165) is 5.56 Å². The maximum atomic E-state index is 11.7. The summed E-state index contributed by atoms with van der Waals surface area (Å²) in [6, 6.07) is 5.15. The molecule has 128 valence electrons. The van der Waals surface area contributed by atoms with Crippen molar-refractivity contribution in [1.82, 2.24) is 15.1 Å². The Hall–Kier alpha value is -2.09. The second-order valence-corrected chi connectivity index (χ2v) is 6.02. The topological polar surface area (TPSA) is 96.2 Å². The molecule has 3 N–H and O–H groups in total. The lowest BCUT2D eigenvalue weighted by atomic mass is 10.2. The van der Waals surface area contributed by atoms with Crippen LogP contribution in [-0.2, 0) is 16.1 Å². The summed E-state index contributed by atoms with van der Waals surface area (Å²) in [4.78, 5) is 23.2. The largest absolute Gasteiger partial charge is 0.392 e. The van der Waals surface area contributed by atoms with Crippen LogP contribution < -0.4 is 10.6 Å². The average Bonchev–Trinajstić information content (AvgIpc) is 2.94. The van der Waals surface area contributed by atoms with Gasteiger partial charge in [-0.25, -0.2) is 0 Å². The predicted octanol–water partition coefficient (Wildman–Crippen LogP) is 1.67. The maximum Gasteiger partial charge on any atom is 0.313 e. The van der Waals surface area contributed by atoms with E-state index >= 15 is 0 Å². The van der Waals surface area contributed by atoms with Crippen molar-refractivity contribution in [1.29, 1.82) is 0 Å². The summed E-state index contributed by atoms with van der Waals surface area (Å²) in [5.41, 5.74) is 1.19. The summed E-state index contributed by atoms with van der Waals surface area (Å²) in [5, 5.41) is 19.0. The van der Waals surface area contributed by atoms with Gasteiger partial charge in [-0.05, 0) is 24.6 Å². The van der Waals surface area contributed by atoms with E-state index in [1.165, 1.54) is 13.1 Å². The van der Waals surface area contributed by atoms with Crippen molar-refractivity contribution in [2.45, 2.75) is 19.6 Å². The summed E-state index contributed by atoms with van der Waals surface area (Å²) in [6.45, 7) is 1.89. The van der Waals surface area contributed by atoms with Gasteiger partial charge in [-0.3, -0.25) is 14.3 Å². The smallest absolute Gasteiger partial charge is 0.313 e. The SMILES string of the molecule is CC(O)CNC(=O)C(=O)Nc1cnn(Cc2ccc(Cl)cc2Cl)c1. The van der Waals surface area contributed by atoms with Gasteiger partial charge in [-0.15, -0.1) is 0 Å². The Morgan fingerprint density at radius 1 is 1.33 bits per heavy atom. The Balaban J connectivity index is 1.95. The second-order valence-electron chi connectivity index (χ2n) is 5.18. The lowest BCUT2D eigenvalue weighted by Gasteiger charge is -2.06. The molecule has 0 aliphatic heterocycles. The monoisotopic (exact) mass is 370 g/mol. The molecule has 1 aromatic carbocycles. The predicted molar refractivity (Wildman–Crippen MR) is 91.1 cm³/mol. The van der Waals surface area contributed by atoms with Crippen molar-refractivity contribution >= 4 is 40.7 Å². The summed E-state index contributed by atoms with van der Waals surface area (Å²) in [6.07, 6.45) is 2.27. The molecular formula is C15H16Cl2N4O3. The molecule has 0 spiro atoms. The summed E-state index contributed by atoms with van der Waals surface area (Å²) in [7, 11) is 0. The lowest BCUT2D eigenvalue weighted by Crippen LogP contribution is -2.38. The fourth-order valence-corrected chi connectivity index (χ4v) is 2.32. The fourth-order valence-electron chi connectivity index (χ4n) is 1.85. The third kappa shape index (κ3) is 5.23. The molecule has 7 nitrogen and oxygen atoms in total. The molecule has 0 aliphatic rings. The Bertz CT molecular complexity index is 746. The lowest BCUT2D eigenvalue weighted by molar-refractivity contribution is -0.136. The second kappa shape index (κ2) is 8.14. The van der Waals surface area contributed by atoms with E-state index in [4.69, 9.17) is 28.3 Å². The van der Waals surface area contributed by atoms with Gasteiger partial charge in [0.25, 0.3) is 0 Å². The van der Waals surface area contributed by atoms with Crippen LogP contribution in [-0.4, -0.2) is 39.4 Å². The summed E-state index contributed by atoms with van der Waals surface area (Å²) >= 11 is 12.0. The van der Waals surface area contributed by atoms with Gasteiger partial charge in [0.15, 0.2) is 0 Å². The number of halogens is 2. The number of nitrogens with one attached hydrogen (secondary N) is 2. The highest BCUT2D eigenvalue weighted by atomic mass is 35.5. The molecule has 1 unspecified atom stereocenters. The van der Waals surface area contributed by atoms with Gasteiger partial charge >= 0.3 is 11.8 Å². The van der Waals surface area contributed by atoms with Gasteiger partial charge in [0, 0.05) is 22.8 Å². The molecule has 2 amide bonds. The first-order valence-electron chi connectivity index (χ1n) is 7.09. The minimum Gasteiger partial charge on any atom is -0.392 e. The van der Waals surface area contributed by atoms with Crippen LogP contribution in [0.4, 0.5) is 5.69 Å². The minimum atomic E-state index is -0.834. The van der Waals surface area contributed by atoms with Crippen LogP contribution in [0.15, 0.2) is 30.6 Å². The zero-order valence-electron chi connectivity index (χ0n) is 12.8. The van der Waals surface area contributed by atoms with Gasteiger partial charge < -0.3 is 15.7 Å². The van der Waals surface area contributed by atoms with E-state index in [1.807, 2.05) is 0 Å². The summed E-state index contributed by atoms with van der Waals surface area (Å²) in [5.74, 6) is -1.66. The Kier molecular flexibility index (Phi) is 6.19. The van der Waals surface area contributed by atoms with Crippen molar-refractivity contribution in [3.8, 4) is 0 Å². The van der Waals surface area contributed by atoms with Gasteiger partial charge in [0.1, 0.15) is 0 Å². The van der Waals surface area contributed by atoms with E-state index in [2.05, 4.69) is 15.7 Å². The van der Waals surface area contributed by atoms with Gasteiger partial charge in [-0.1, -0.05) is 29.3 Å². The number of aromatic nitrogens is 2. The van der Waals surface area contributed by atoms with Gasteiger partial charge in [0.05, 0.1) is 24.5 Å². The minimum absolute atomic E-state index is 0.000576. The third-order valence-electron chi connectivity index (χ3n) is 3.00. The molecule has 2 rings (SSSR count). The highest BCUT2D eigenvalue weighted by molar-refractivity contribution is 6.39. The number of hydrogen-bond acceptors (Lipinski definition) is 4. The average molecular weight is 371 g/mol. The molecule has 24 heavy (non-hydrogen) atoms. The first kappa shape index (κ1) is 18.3. The first-order valence-corrected chi connectivity index (χ1v) is 7.84. The first-order chi connectivity index (χ1) is 11.3. The van der Waals surface area contributed by atoms with Crippen molar-refractivity contribution in [2.24, 2.45) is 0 Å². The normalized spacial score (nSPS) is 11.8. The van der Waals surface area contributed by atoms with Crippen LogP contribution in [0.25, 0.3) is 0 Å². The number of benzene rings is 1. The van der Waals surface area contributed by atoms with Crippen molar-refractivity contribution in [3.05, 3.63) is 46.2 Å². The number of anilines is 1. The number of rotatable bonds is 5. The number of amides is 2. The molecular weight excluding hydrogens is 355 g/mol. The van der Waals surface area contributed by atoms with E-state index in [9.17, 15) is 9.59 Å². The molecule has 0 bridgehead atoms. The highest BCUT2D eigenvalue weighted by Crippen LogP contribution is 2.22. The van der Waals surface area contributed by atoms with Crippen LogP contribution in [0.3, 0.4) is 0 Å². The van der Waals surface area contributed by atoms with Crippen LogP contribution in [0.2, 0.25) is 10.0 Å². The number of carbonyl (C=O) groups is 2. The molecule has 0 saturated carbocycles. The van der Waals surface area contributed by atoms with Crippen LogP contribution in [0.5, 0.6) is 0 Å². The molecule has 0 radical (unpaired) electrons. The van der Waals surface area contributed by atoms with Crippen molar-refractivity contribution in [3.63, 3.8) is 0 Å². The van der Waals surface area contributed by atoms with Crippen molar-refractivity contribution in [2.75, 3.05) is 11.9 Å². The zero-order chi connectivity index (χ0) is 17.7. The molecule has 0 aliphatic carbocycles. The van der Waals surface area contributed by atoms with Crippen LogP contribution >= 0.6 is 23.2 Å². The Labute approximate surface area is 148 Å². The number of aliphatic hydroxyl groups is 1. The molecule has 0 saturated heterocycles. The molecule has 9 heteroatoms. The van der Waals surface area contributed by atoms with Crippen molar-refractivity contribution < 1.29 is 14.7 Å². The standard InChI is InChI=1S/C15H16Cl2N4O3/c1-9(22)5-18-14(23)15(24)20-12-6-19-21(8-12)7-10-2-3-11(16)4-13(10)17/h2-4,6,8-9,22H,5,7H2,1H3,(H,18,23)(H,20,24). The number of hydrogen-bond donors (Lipinski definition) is 3. The number of nitrogens with zero attached hydrogens (tertiary/aromatic N) is 2. The number of carbonyl (C=O) groups excluding carboxylic acids is 2. The van der Waals surface area contributed by atoms with E-state index in [0.29, 0.717) is 22.3 Å². The Morgan fingerprint density at radius 2 is 2.08 bits per heavy atom. The van der Waals surface area contributed by atoms with Gasteiger partial charge in [0.2, 0.25) is 0 Å². The maximum absolute atomic E-state index is 11.7. The van der Waals surface area contributed by atoms with Crippen LogP contribution in [0.1, 0.15) is 12.5 Å². The molecule has 1 aromatic heterocycles. The van der Waals surface area contributed by atoms with E-state index in [1.54, 1.807) is 29.1 Å². The van der Waals surface area contributed by atoms with E-state index in [-0.39, 0.29) is 6.54 Å². The number of aliphatic hydroxyl groups excluding tert-OH is 1. The molecule has 0 fully saturated rings. The van der Waals surface area contributed by atoms with E-state index < -0.39 is 17.9 Å². The Morgan fingerprint density at radius 3 is 2.75 bits per heavy atom.